The molecule has 0 aliphatic carbocycles. The van der Waals surface area contributed by atoms with Gasteiger partial charge in [0.25, 0.3) is 0 Å². The summed E-state index contributed by atoms with van der Waals surface area (Å²) in [4.78, 5) is 0. The molecule has 0 amide bonds. The van der Waals surface area contributed by atoms with Gasteiger partial charge in [-0.2, -0.15) is 0 Å². The smallest absolute Gasteiger partial charge is 0.426 e. The van der Waals surface area contributed by atoms with Crippen molar-refractivity contribution in [3.8, 4) is 0 Å². The third kappa shape index (κ3) is 4.07. The summed E-state index contributed by atoms with van der Waals surface area (Å²) in [5, 5.41) is 17.9. The molecule has 0 spiro atoms. The molecule has 4 nitrogen and oxygen atoms in total. The minimum atomic E-state index is -1.32. The number of hydrogen-bond acceptors (Lipinski definition) is 4. The maximum Gasteiger partial charge on any atom is 0.468 e. The van der Waals surface area contributed by atoms with Crippen LogP contribution in [0.4, 0.5) is 0 Å². The molecule has 0 aromatic rings. The summed E-state index contributed by atoms with van der Waals surface area (Å²) in [6.07, 6.45) is 0.108. The highest BCUT2D eigenvalue weighted by Crippen LogP contribution is 1.75. The van der Waals surface area contributed by atoms with E-state index in [1.54, 1.807) is 0 Å². The quantitative estimate of drug-likeness (QED) is 0.232. The second-order valence-corrected chi connectivity index (χ2v) is 1.57. The molecule has 0 heterocycles. The number of nitrogens with zero attached hydrogens (tertiary/aromatic N) is 1. The first-order chi connectivity index (χ1) is 3.66. The van der Waals surface area contributed by atoms with Gasteiger partial charge in [0.2, 0.25) is 0 Å². The van der Waals surface area contributed by atoms with Crippen LogP contribution in [-0.4, -0.2) is 35.2 Å². The average Bonchev–Trinajstić information content (AvgIpc) is 1.65. The maximum atomic E-state index is 8.29. The predicted molar refractivity (Wildman–Crippen MR) is 31.6 cm³/mol. The molecule has 0 saturated carbocycles. The van der Waals surface area contributed by atoms with Crippen molar-refractivity contribution in [2.75, 3.05) is 13.0 Å². The highest BCUT2D eigenvalue weighted by molar-refractivity contribution is 6.41. The summed E-state index contributed by atoms with van der Waals surface area (Å²) in [6.45, 7) is 2.46. The fourth-order valence-corrected chi connectivity index (χ4v) is 0.339. The van der Waals surface area contributed by atoms with Crippen LogP contribution < -0.4 is 5.84 Å². The summed E-state index contributed by atoms with van der Waals surface area (Å²) in [5.74, 6) is 5.19. The fourth-order valence-electron chi connectivity index (χ4n) is 0.339. The van der Waals surface area contributed by atoms with E-state index in [-0.39, 0.29) is 6.44 Å². The van der Waals surface area contributed by atoms with Crippen LogP contribution in [0.25, 0.3) is 0 Å². The molecule has 0 rings (SSSR count). The van der Waals surface area contributed by atoms with Gasteiger partial charge >= 0.3 is 7.12 Å². The van der Waals surface area contributed by atoms with Crippen LogP contribution in [-0.2, 0) is 0 Å². The molecule has 4 N–H and O–H groups in total. The molecule has 0 aromatic carbocycles. The molecule has 0 aromatic heterocycles. The second kappa shape index (κ2) is 3.85. The molecule has 0 aliphatic heterocycles. The maximum absolute atomic E-state index is 8.29. The van der Waals surface area contributed by atoms with Gasteiger partial charge in [-0.15, -0.1) is 0 Å². The van der Waals surface area contributed by atoms with E-state index >= 15 is 0 Å². The first kappa shape index (κ1) is 7.90. The van der Waals surface area contributed by atoms with Gasteiger partial charge in [-0.05, 0) is 0 Å². The lowest BCUT2D eigenvalue weighted by Gasteiger charge is -2.11. The third-order valence-corrected chi connectivity index (χ3v) is 0.804. The number of rotatable bonds is 3. The van der Waals surface area contributed by atoms with Gasteiger partial charge < -0.3 is 10.0 Å². The Morgan fingerprint density at radius 1 is 1.62 bits per heavy atom. The van der Waals surface area contributed by atoms with E-state index < -0.39 is 7.12 Å². The van der Waals surface area contributed by atoms with Crippen LogP contribution in [0.3, 0.4) is 0 Å². The van der Waals surface area contributed by atoms with E-state index in [1.165, 1.54) is 5.01 Å². The summed E-state index contributed by atoms with van der Waals surface area (Å²) in [5.41, 5.74) is 0. The zero-order chi connectivity index (χ0) is 6.57. The summed E-state index contributed by atoms with van der Waals surface area (Å²) in [6, 6.07) is 0. The Bertz CT molecular complexity index is 61.2. The molecule has 0 saturated heterocycles. The normalized spacial score (nSPS) is 10.1. The molecular formula is C3H11BN2O2. The van der Waals surface area contributed by atoms with Crippen molar-refractivity contribution in [3.63, 3.8) is 0 Å². The van der Waals surface area contributed by atoms with Gasteiger partial charge in [0, 0.05) is 13.0 Å². The van der Waals surface area contributed by atoms with E-state index in [0.717, 1.165) is 0 Å². The lowest BCUT2D eigenvalue weighted by molar-refractivity contribution is 0.296. The van der Waals surface area contributed by atoms with Gasteiger partial charge in [0.05, 0.1) is 0 Å². The monoisotopic (exact) mass is 118 g/mol. The van der Waals surface area contributed by atoms with Gasteiger partial charge in [0.15, 0.2) is 0 Å². The molecule has 5 heteroatoms. The Balaban J connectivity index is 3.10. The van der Waals surface area contributed by atoms with E-state index in [0.29, 0.717) is 6.54 Å². The third-order valence-electron chi connectivity index (χ3n) is 0.804. The van der Waals surface area contributed by atoms with Crippen LogP contribution in [0, 0.1) is 0 Å². The SMILES string of the molecule is CCN(N)CB(O)O. The van der Waals surface area contributed by atoms with Gasteiger partial charge in [-0.3, -0.25) is 5.84 Å². The Hall–Kier alpha value is -0.0951. The molecule has 8 heavy (non-hydrogen) atoms. The second-order valence-electron chi connectivity index (χ2n) is 1.57. The standard InChI is InChI=1S/C3H11BN2O2/c1-2-6(5)3-4(7)8/h7-8H,2-3,5H2,1H3. The van der Waals surface area contributed by atoms with Gasteiger partial charge in [-0.25, -0.2) is 5.01 Å². The van der Waals surface area contributed by atoms with Gasteiger partial charge in [-0.1, -0.05) is 6.92 Å². The molecule has 0 bridgehead atoms. The van der Waals surface area contributed by atoms with E-state index in [9.17, 15) is 0 Å². The number of nitrogens with two attached hydrogens (primary N) is 1. The highest BCUT2D eigenvalue weighted by Gasteiger charge is 2.08. The van der Waals surface area contributed by atoms with Crippen molar-refractivity contribution < 1.29 is 10.0 Å². The van der Waals surface area contributed by atoms with E-state index in [2.05, 4.69) is 0 Å². The minimum absolute atomic E-state index is 0.108. The van der Waals surface area contributed by atoms with E-state index in [1.807, 2.05) is 6.92 Å². The molecular weight excluding hydrogens is 107 g/mol. The van der Waals surface area contributed by atoms with Crippen molar-refractivity contribution >= 4 is 7.12 Å². The molecule has 48 valence electrons. The first-order valence-corrected chi connectivity index (χ1v) is 2.52. The van der Waals surface area contributed by atoms with Crippen LogP contribution in [0.1, 0.15) is 6.92 Å². The van der Waals surface area contributed by atoms with Crippen LogP contribution in [0.5, 0.6) is 0 Å². The van der Waals surface area contributed by atoms with Crippen molar-refractivity contribution in [1.82, 2.24) is 5.01 Å². The summed E-state index contributed by atoms with van der Waals surface area (Å²) >= 11 is 0. The summed E-state index contributed by atoms with van der Waals surface area (Å²) < 4.78 is 0. The Kier molecular flexibility index (Phi) is 3.81. The predicted octanol–water partition coefficient (Wildman–Crippen LogP) is -1.81. The molecule has 0 atom stereocenters. The van der Waals surface area contributed by atoms with Gasteiger partial charge in [0.1, 0.15) is 0 Å². The Labute approximate surface area is 49.0 Å². The van der Waals surface area contributed by atoms with Crippen LogP contribution in [0.15, 0.2) is 0 Å². The minimum Gasteiger partial charge on any atom is -0.426 e. The zero-order valence-electron chi connectivity index (χ0n) is 4.91. The van der Waals surface area contributed by atoms with Crippen molar-refractivity contribution in [1.29, 1.82) is 0 Å². The molecule has 0 unspecified atom stereocenters. The lowest BCUT2D eigenvalue weighted by atomic mass is 9.92. The van der Waals surface area contributed by atoms with Crippen LogP contribution in [0.2, 0.25) is 0 Å². The number of hydrazine groups is 1. The first-order valence-electron chi connectivity index (χ1n) is 2.52. The molecule has 0 radical (unpaired) electrons. The Morgan fingerprint density at radius 3 is 2.25 bits per heavy atom. The van der Waals surface area contributed by atoms with Crippen molar-refractivity contribution in [2.45, 2.75) is 6.92 Å². The molecule has 0 fully saturated rings. The summed E-state index contributed by atoms with van der Waals surface area (Å²) in [7, 11) is -1.32. The topological polar surface area (TPSA) is 69.7 Å². The fraction of sp³-hybridized carbons (Fsp3) is 1.00. The highest BCUT2D eigenvalue weighted by atomic mass is 16.4. The van der Waals surface area contributed by atoms with Crippen LogP contribution >= 0.6 is 0 Å². The largest absolute Gasteiger partial charge is 0.468 e. The lowest BCUT2D eigenvalue weighted by Crippen LogP contribution is -2.40. The van der Waals surface area contributed by atoms with Crippen molar-refractivity contribution in [3.05, 3.63) is 0 Å². The molecule has 0 aliphatic rings. The Morgan fingerprint density at radius 2 is 2.12 bits per heavy atom. The van der Waals surface area contributed by atoms with Crippen molar-refractivity contribution in [2.24, 2.45) is 5.84 Å². The zero-order valence-corrected chi connectivity index (χ0v) is 4.91. The van der Waals surface area contributed by atoms with E-state index in [4.69, 9.17) is 15.9 Å². The number of hydrogen-bond donors (Lipinski definition) is 3. The average molecular weight is 118 g/mol.